The minimum atomic E-state index is 0.0518. The van der Waals surface area contributed by atoms with Gasteiger partial charge >= 0.3 is 0 Å². The Hall–Kier alpha value is -0.570. The highest BCUT2D eigenvalue weighted by Gasteiger charge is 2.02. The van der Waals surface area contributed by atoms with Gasteiger partial charge in [0.25, 0.3) is 0 Å². The maximum absolute atomic E-state index is 10.5. The monoisotopic (exact) mass is 158 g/mol. The van der Waals surface area contributed by atoms with Gasteiger partial charge in [-0.1, -0.05) is 0 Å². The number of hydrogen-bond donors (Lipinski definition) is 1. The lowest BCUT2D eigenvalue weighted by molar-refractivity contribution is -0.118. The summed E-state index contributed by atoms with van der Waals surface area (Å²) in [7, 11) is 4.08. The minimum Gasteiger partial charge on any atom is -0.356 e. The molecule has 0 bridgehead atoms. The van der Waals surface area contributed by atoms with Crippen molar-refractivity contribution in [2.45, 2.75) is 26.3 Å². The van der Waals surface area contributed by atoms with Gasteiger partial charge < -0.3 is 10.2 Å². The Bertz CT molecular complexity index is 123. The van der Waals surface area contributed by atoms with Crippen molar-refractivity contribution in [3.05, 3.63) is 0 Å². The van der Waals surface area contributed by atoms with E-state index in [4.69, 9.17) is 0 Å². The van der Waals surface area contributed by atoms with Crippen molar-refractivity contribution in [2.75, 3.05) is 20.6 Å². The quantitative estimate of drug-likeness (QED) is 0.644. The molecule has 11 heavy (non-hydrogen) atoms. The van der Waals surface area contributed by atoms with Crippen molar-refractivity contribution in [2.24, 2.45) is 0 Å². The molecule has 0 fully saturated rings. The van der Waals surface area contributed by atoms with Crippen LogP contribution in [0.15, 0.2) is 0 Å². The Morgan fingerprint density at radius 3 is 2.45 bits per heavy atom. The zero-order chi connectivity index (χ0) is 8.85. The smallest absolute Gasteiger partial charge is 0.216 e. The van der Waals surface area contributed by atoms with Gasteiger partial charge in [0, 0.05) is 19.5 Å². The second-order valence-electron chi connectivity index (χ2n) is 3.08. The predicted octanol–water partition coefficient (Wildman–Crippen LogP) is 0.463. The molecular weight excluding hydrogens is 140 g/mol. The summed E-state index contributed by atoms with van der Waals surface area (Å²) >= 11 is 0. The van der Waals surface area contributed by atoms with Crippen molar-refractivity contribution < 1.29 is 4.79 Å². The van der Waals surface area contributed by atoms with E-state index in [0.29, 0.717) is 6.04 Å². The number of carbonyl (C=O) groups excluding carboxylic acids is 1. The molecule has 1 atom stereocenters. The Morgan fingerprint density at radius 2 is 2.09 bits per heavy atom. The maximum Gasteiger partial charge on any atom is 0.216 e. The molecule has 0 spiro atoms. The van der Waals surface area contributed by atoms with Crippen LogP contribution in [0, 0.1) is 0 Å². The summed E-state index contributed by atoms with van der Waals surface area (Å²) in [6.07, 6.45) is 1.01. The molecule has 3 heteroatoms. The van der Waals surface area contributed by atoms with Crippen LogP contribution in [0.2, 0.25) is 0 Å². The van der Waals surface area contributed by atoms with Gasteiger partial charge in [-0.3, -0.25) is 4.79 Å². The number of nitrogens with one attached hydrogen (secondary N) is 1. The molecule has 66 valence electrons. The first kappa shape index (κ1) is 10.4. The fraction of sp³-hybridized carbons (Fsp3) is 0.875. The summed E-state index contributed by atoms with van der Waals surface area (Å²) < 4.78 is 0. The molecule has 0 saturated heterocycles. The number of hydrogen-bond acceptors (Lipinski definition) is 2. The fourth-order valence-electron chi connectivity index (χ4n) is 0.715. The summed E-state index contributed by atoms with van der Waals surface area (Å²) in [6, 6.07) is 0.529. The molecular formula is C8H18N2O. The molecule has 1 unspecified atom stereocenters. The first-order valence-corrected chi connectivity index (χ1v) is 3.95. The lowest BCUT2D eigenvalue weighted by Crippen LogP contribution is -2.30. The summed E-state index contributed by atoms with van der Waals surface area (Å²) in [5, 5.41) is 2.77. The van der Waals surface area contributed by atoms with Crippen LogP contribution in [0.3, 0.4) is 0 Å². The Labute approximate surface area is 68.8 Å². The van der Waals surface area contributed by atoms with Gasteiger partial charge in [-0.25, -0.2) is 0 Å². The first-order chi connectivity index (χ1) is 5.04. The van der Waals surface area contributed by atoms with E-state index >= 15 is 0 Å². The number of rotatable bonds is 4. The van der Waals surface area contributed by atoms with Gasteiger partial charge in [0.1, 0.15) is 0 Å². The van der Waals surface area contributed by atoms with Gasteiger partial charge in [0.15, 0.2) is 0 Å². The second kappa shape index (κ2) is 5.13. The highest BCUT2D eigenvalue weighted by atomic mass is 16.1. The van der Waals surface area contributed by atoms with E-state index in [-0.39, 0.29) is 5.91 Å². The van der Waals surface area contributed by atoms with E-state index in [0.717, 1.165) is 13.0 Å². The molecule has 0 rings (SSSR count). The van der Waals surface area contributed by atoms with Crippen molar-refractivity contribution in [3.8, 4) is 0 Å². The molecule has 0 aromatic rings. The Balaban J connectivity index is 3.31. The number of carbonyl (C=O) groups is 1. The fourth-order valence-corrected chi connectivity index (χ4v) is 0.715. The van der Waals surface area contributed by atoms with Crippen molar-refractivity contribution >= 4 is 5.91 Å². The summed E-state index contributed by atoms with van der Waals surface area (Å²) in [5.41, 5.74) is 0. The number of nitrogens with zero attached hydrogens (tertiary/aromatic N) is 1. The van der Waals surface area contributed by atoms with Gasteiger partial charge in [-0.15, -0.1) is 0 Å². The summed E-state index contributed by atoms with van der Waals surface area (Å²) in [4.78, 5) is 12.6. The Morgan fingerprint density at radius 1 is 1.55 bits per heavy atom. The van der Waals surface area contributed by atoms with Crippen LogP contribution >= 0.6 is 0 Å². The number of amides is 1. The molecule has 0 aliphatic rings. The lowest BCUT2D eigenvalue weighted by Gasteiger charge is -2.19. The van der Waals surface area contributed by atoms with Crippen LogP contribution in [-0.2, 0) is 4.79 Å². The third kappa shape index (κ3) is 5.85. The zero-order valence-electron chi connectivity index (χ0n) is 7.85. The molecule has 0 aromatic carbocycles. The minimum absolute atomic E-state index is 0.0518. The molecule has 3 nitrogen and oxygen atoms in total. The first-order valence-electron chi connectivity index (χ1n) is 3.95. The molecule has 0 aliphatic carbocycles. The third-order valence-corrected chi connectivity index (χ3v) is 1.82. The molecule has 0 heterocycles. The average molecular weight is 158 g/mol. The van der Waals surface area contributed by atoms with E-state index in [1.165, 1.54) is 0 Å². The molecule has 0 radical (unpaired) electrons. The van der Waals surface area contributed by atoms with Crippen LogP contribution < -0.4 is 5.32 Å². The van der Waals surface area contributed by atoms with Crippen molar-refractivity contribution in [3.63, 3.8) is 0 Å². The normalized spacial score (nSPS) is 13.2. The molecule has 1 N–H and O–H groups in total. The van der Waals surface area contributed by atoms with Crippen LogP contribution in [-0.4, -0.2) is 37.5 Å². The van der Waals surface area contributed by atoms with Crippen molar-refractivity contribution in [1.29, 1.82) is 0 Å². The van der Waals surface area contributed by atoms with Crippen LogP contribution in [0.5, 0.6) is 0 Å². The lowest BCUT2D eigenvalue weighted by atomic mass is 10.2. The topological polar surface area (TPSA) is 32.3 Å². The van der Waals surface area contributed by atoms with E-state index in [1.807, 2.05) is 14.1 Å². The highest BCUT2D eigenvalue weighted by Crippen LogP contribution is 1.95. The largest absolute Gasteiger partial charge is 0.356 e. The summed E-state index contributed by atoms with van der Waals surface area (Å²) in [5.74, 6) is 0.0518. The van der Waals surface area contributed by atoms with Gasteiger partial charge in [0.05, 0.1) is 0 Å². The molecule has 1 amide bonds. The maximum atomic E-state index is 10.5. The van der Waals surface area contributed by atoms with Gasteiger partial charge in [-0.2, -0.15) is 0 Å². The Kier molecular flexibility index (Phi) is 4.86. The molecule has 0 aliphatic heterocycles. The summed E-state index contributed by atoms with van der Waals surface area (Å²) in [6.45, 7) is 4.46. The average Bonchev–Trinajstić information content (AvgIpc) is 1.86. The highest BCUT2D eigenvalue weighted by molar-refractivity contribution is 5.72. The van der Waals surface area contributed by atoms with Crippen molar-refractivity contribution in [1.82, 2.24) is 10.2 Å². The van der Waals surface area contributed by atoms with E-state index in [2.05, 4.69) is 17.1 Å². The van der Waals surface area contributed by atoms with Crippen LogP contribution in [0.1, 0.15) is 20.3 Å². The molecule has 0 aromatic heterocycles. The predicted molar refractivity (Wildman–Crippen MR) is 46.4 cm³/mol. The van der Waals surface area contributed by atoms with E-state index in [9.17, 15) is 4.79 Å². The standard InChI is InChI=1S/C8H18N2O/c1-7(10(3)4)5-6-9-8(2)11/h7H,5-6H2,1-4H3,(H,9,11). The second-order valence-corrected chi connectivity index (χ2v) is 3.08. The molecule has 0 saturated carbocycles. The SMILES string of the molecule is CC(=O)NCCC(C)N(C)C. The zero-order valence-corrected chi connectivity index (χ0v) is 7.85. The van der Waals surface area contributed by atoms with E-state index < -0.39 is 0 Å². The van der Waals surface area contributed by atoms with E-state index in [1.54, 1.807) is 6.92 Å². The van der Waals surface area contributed by atoms with Gasteiger partial charge in [-0.05, 0) is 27.4 Å². The van der Waals surface area contributed by atoms with Gasteiger partial charge in [0.2, 0.25) is 5.91 Å². The third-order valence-electron chi connectivity index (χ3n) is 1.82. The van der Waals surface area contributed by atoms with Crippen LogP contribution in [0.4, 0.5) is 0 Å². The van der Waals surface area contributed by atoms with Crippen LogP contribution in [0.25, 0.3) is 0 Å².